The Kier molecular flexibility index (Phi) is 6.69. The molecular weight excluding hydrogens is 462 g/mol. The van der Waals surface area contributed by atoms with Gasteiger partial charge in [-0.3, -0.25) is 9.59 Å². The Morgan fingerprint density at radius 1 is 1.25 bits per heavy atom. The molecule has 0 saturated heterocycles. The first-order valence-electron chi connectivity index (χ1n) is 9.50. The number of anilines is 1. The van der Waals surface area contributed by atoms with Crippen LogP contribution >= 0.6 is 0 Å². The third-order valence-electron chi connectivity index (χ3n) is 4.92. The molecule has 14 heteroatoms. The highest BCUT2D eigenvalue weighted by molar-refractivity contribution is 7.89. The van der Waals surface area contributed by atoms with Gasteiger partial charge in [0.05, 0.1) is 11.3 Å². The lowest BCUT2D eigenvalue weighted by atomic mass is 10.2. The number of amides is 1. The summed E-state index contributed by atoms with van der Waals surface area (Å²) in [5.74, 6) is -0.708. The smallest absolute Gasteiger partial charge is 0.307 e. The van der Waals surface area contributed by atoms with E-state index in [-0.39, 0.29) is 22.9 Å². The number of nitrogens with one attached hydrogen (secondary N) is 1. The number of hydrogen-bond acceptors (Lipinski definition) is 8. The molecule has 0 atom stereocenters. The number of primary sulfonamides is 1. The van der Waals surface area contributed by atoms with Gasteiger partial charge in [-0.05, 0) is 37.1 Å². The number of ether oxygens (including phenoxy) is 1. The number of imidazole rings is 1. The van der Waals surface area contributed by atoms with Crippen molar-refractivity contribution in [3.8, 4) is 0 Å². The molecule has 3 N–H and O–H groups in total. The van der Waals surface area contributed by atoms with Crippen molar-refractivity contribution >= 4 is 37.6 Å². The van der Waals surface area contributed by atoms with Crippen LogP contribution in [-0.2, 0) is 47.8 Å². The van der Waals surface area contributed by atoms with Gasteiger partial charge in [-0.15, -0.1) is 0 Å². The lowest BCUT2D eigenvalue weighted by Gasteiger charge is -2.17. The molecule has 0 spiro atoms. The topological polar surface area (TPSA) is 171 Å². The minimum Gasteiger partial charge on any atom is -0.456 e. The molecule has 2 aromatic rings. The number of sulfonamides is 2. The van der Waals surface area contributed by atoms with E-state index in [9.17, 15) is 26.4 Å². The molecule has 1 aliphatic rings. The quantitative estimate of drug-likeness (QED) is 0.457. The predicted octanol–water partition coefficient (Wildman–Crippen LogP) is -0.823. The summed E-state index contributed by atoms with van der Waals surface area (Å²) in [5, 5.41) is 4.97. The summed E-state index contributed by atoms with van der Waals surface area (Å²) in [7, 11) is -6.05. The summed E-state index contributed by atoms with van der Waals surface area (Å²) in [6.07, 6.45) is 1.52. The SMILES string of the molecule is Cc1nc(S(=O)(=O)NCCC(=O)OCC(=O)N2CCc3cc(S(N)(=O)=O)ccc32)cn1C. The largest absolute Gasteiger partial charge is 0.456 e. The molecule has 0 radical (unpaired) electrons. The van der Waals surface area contributed by atoms with Crippen LogP contribution in [0, 0.1) is 6.92 Å². The average molecular weight is 486 g/mol. The fraction of sp³-hybridized carbons (Fsp3) is 0.389. The molecule has 1 aromatic carbocycles. The maximum absolute atomic E-state index is 12.4. The van der Waals surface area contributed by atoms with Crippen LogP contribution in [-0.4, -0.2) is 58.0 Å². The molecule has 2 heterocycles. The van der Waals surface area contributed by atoms with Gasteiger partial charge in [0.25, 0.3) is 15.9 Å². The van der Waals surface area contributed by atoms with Crippen LogP contribution < -0.4 is 14.8 Å². The van der Waals surface area contributed by atoms with Gasteiger partial charge in [0, 0.05) is 32.0 Å². The lowest BCUT2D eigenvalue weighted by molar-refractivity contribution is -0.147. The summed E-state index contributed by atoms with van der Waals surface area (Å²) in [6, 6.07) is 4.20. The first kappa shape index (κ1) is 23.8. The molecule has 0 unspecified atom stereocenters. The average Bonchev–Trinajstić information content (AvgIpc) is 3.28. The Morgan fingerprint density at radius 2 is 1.97 bits per heavy atom. The van der Waals surface area contributed by atoms with E-state index in [1.54, 1.807) is 18.5 Å². The van der Waals surface area contributed by atoms with E-state index in [2.05, 4.69) is 9.71 Å². The molecule has 0 saturated carbocycles. The third kappa shape index (κ3) is 5.32. The fourth-order valence-corrected chi connectivity index (χ4v) is 4.76. The van der Waals surface area contributed by atoms with Crippen LogP contribution in [0.5, 0.6) is 0 Å². The van der Waals surface area contributed by atoms with Gasteiger partial charge in [-0.1, -0.05) is 0 Å². The van der Waals surface area contributed by atoms with Gasteiger partial charge >= 0.3 is 5.97 Å². The van der Waals surface area contributed by atoms with Crippen molar-refractivity contribution in [3.05, 3.63) is 35.8 Å². The number of hydrogen-bond donors (Lipinski definition) is 2. The van der Waals surface area contributed by atoms with Crippen molar-refractivity contribution in [2.75, 3.05) is 24.6 Å². The first-order chi connectivity index (χ1) is 14.9. The van der Waals surface area contributed by atoms with E-state index in [0.29, 0.717) is 30.0 Å². The number of rotatable bonds is 8. The molecule has 0 fully saturated rings. The highest BCUT2D eigenvalue weighted by Crippen LogP contribution is 2.30. The number of benzene rings is 1. The second-order valence-corrected chi connectivity index (χ2v) is 10.5. The number of nitrogens with zero attached hydrogens (tertiary/aromatic N) is 3. The van der Waals surface area contributed by atoms with Gasteiger partial charge < -0.3 is 14.2 Å². The molecule has 12 nitrogen and oxygen atoms in total. The second-order valence-electron chi connectivity index (χ2n) is 7.18. The van der Waals surface area contributed by atoms with Gasteiger partial charge in [0.15, 0.2) is 11.6 Å². The summed E-state index contributed by atoms with van der Waals surface area (Å²) in [5.41, 5.74) is 1.17. The standard InChI is InChI=1S/C18H23N5O7S2/c1-12-21-16(10-22(12)2)32(28,29)20-7-5-18(25)30-11-17(24)23-8-6-13-9-14(31(19,26)27)3-4-15(13)23/h3-4,9-10,20H,5-8,11H2,1-2H3,(H2,19,26,27). The second kappa shape index (κ2) is 8.97. The zero-order valence-electron chi connectivity index (χ0n) is 17.4. The van der Waals surface area contributed by atoms with E-state index in [1.807, 2.05) is 0 Å². The molecular formula is C18H23N5O7S2. The molecule has 1 aliphatic heterocycles. The van der Waals surface area contributed by atoms with Crippen molar-refractivity contribution in [2.45, 2.75) is 29.7 Å². The zero-order valence-corrected chi connectivity index (χ0v) is 19.1. The molecule has 32 heavy (non-hydrogen) atoms. The molecule has 1 aromatic heterocycles. The van der Waals surface area contributed by atoms with Crippen LogP contribution in [0.2, 0.25) is 0 Å². The Bertz CT molecular complexity index is 1250. The predicted molar refractivity (Wildman–Crippen MR) is 113 cm³/mol. The number of carbonyl (C=O) groups is 2. The normalized spacial score (nSPS) is 13.8. The highest BCUT2D eigenvalue weighted by atomic mass is 32.2. The van der Waals surface area contributed by atoms with E-state index >= 15 is 0 Å². The van der Waals surface area contributed by atoms with Crippen LogP contribution in [0.4, 0.5) is 5.69 Å². The Balaban J connectivity index is 1.49. The Morgan fingerprint density at radius 3 is 2.59 bits per heavy atom. The van der Waals surface area contributed by atoms with Crippen molar-refractivity contribution in [1.29, 1.82) is 0 Å². The fourth-order valence-electron chi connectivity index (χ4n) is 3.12. The van der Waals surface area contributed by atoms with Gasteiger partial charge in [-0.2, -0.15) is 0 Å². The summed E-state index contributed by atoms with van der Waals surface area (Å²) >= 11 is 0. The molecule has 0 bridgehead atoms. The maximum atomic E-state index is 12.4. The summed E-state index contributed by atoms with van der Waals surface area (Å²) < 4.78 is 56.0. The van der Waals surface area contributed by atoms with E-state index in [1.165, 1.54) is 29.3 Å². The minimum atomic E-state index is -3.87. The van der Waals surface area contributed by atoms with Crippen LogP contribution in [0.1, 0.15) is 17.8 Å². The van der Waals surface area contributed by atoms with Crippen molar-refractivity contribution in [1.82, 2.24) is 14.3 Å². The van der Waals surface area contributed by atoms with E-state index in [4.69, 9.17) is 9.88 Å². The van der Waals surface area contributed by atoms with E-state index < -0.39 is 38.5 Å². The first-order valence-corrected chi connectivity index (χ1v) is 12.5. The monoisotopic (exact) mass is 485 g/mol. The van der Waals surface area contributed by atoms with Gasteiger partial charge in [-0.25, -0.2) is 31.7 Å². The molecule has 1 amide bonds. The van der Waals surface area contributed by atoms with Crippen LogP contribution in [0.15, 0.2) is 34.3 Å². The number of nitrogens with two attached hydrogens (primary N) is 1. The van der Waals surface area contributed by atoms with Crippen molar-refractivity contribution in [3.63, 3.8) is 0 Å². The third-order valence-corrected chi connectivity index (χ3v) is 7.16. The van der Waals surface area contributed by atoms with Gasteiger partial charge in [0.2, 0.25) is 10.0 Å². The van der Waals surface area contributed by atoms with E-state index in [0.717, 1.165) is 0 Å². The Labute approximate surface area is 185 Å². The number of carbonyl (C=O) groups excluding carboxylic acids is 2. The molecule has 174 valence electrons. The molecule has 0 aliphatic carbocycles. The molecule has 3 rings (SSSR count). The van der Waals surface area contributed by atoms with Crippen LogP contribution in [0.25, 0.3) is 0 Å². The van der Waals surface area contributed by atoms with Crippen molar-refractivity contribution < 1.29 is 31.2 Å². The Hall–Kier alpha value is -2.81. The number of aromatic nitrogens is 2. The zero-order chi connectivity index (χ0) is 23.7. The maximum Gasteiger partial charge on any atom is 0.307 e. The van der Waals surface area contributed by atoms with Crippen LogP contribution in [0.3, 0.4) is 0 Å². The summed E-state index contributed by atoms with van der Waals surface area (Å²) in [6.45, 7) is 1.23. The van der Waals surface area contributed by atoms with Gasteiger partial charge in [0.1, 0.15) is 5.82 Å². The number of aryl methyl sites for hydroxylation is 2. The number of esters is 1. The van der Waals surface area contributed by atoms with Crippen molar-refractivity contribution in [2.24, 2.45) is 12.2 Å². The lowest BCUT2D eigenvalue weighted by Crippen LogP contribution is -2.33. The summed E-state index contributed by atoms with van der Waals surface area (Å²) in [4.78, 5) is 29.6. The number of fused-ring (bicyclic) bond motifs is 1. The minimum absolute atomic E-state index is 0.0414. The highest BCUT2D eigenvalue weighted by Gasteiger charge is 2.27.